The third-order valence-corrected chi connectivity index (χ3v) is 2.74. The van der Waals surface area contributed by atoms with Crippen LogP contribution in [-0.4, -0.2) is 15.0 Å². The van der Waals surface area contributed by atoms with Gasteiger partial charge in [-0.2, -0.15) is 0 Å². The van der Waals surface area contributed by atoms with Crippen molar-refractivity contribution in [3.8, 4) is 5.75 Å². The molecule has 0 aliphatic carbocycles. The van der Waals surface area contributed by atoms with E-state index in [-0.39, 0.29) is 21.4 Å². The third kappa shape index (κ3) is 1.38. The van der Waals surface area contributed by atoms with E-state index in [1.54, 1.807) is 0 Å². The molecule has 1 N–H and O–H groups in total. The molecule has 1 aromatic heterocycles. The average Bonchev–Trinajstić information content (AvgIpc) is 2.42. The number of nitrogens with zero attached hydrogens (tertiary/aromatic N) is 2. The van der Waals surface area contributed by atoms with E-state index in [1.807, 2.05) is 0 Å². The van der Waals surface area contributed by atoms with Crippen LogP contribution >= 0.6 is 22.9 Å². The lowest BCUT2D eigenvalue weighted by atomic mass is 10.3. The molecular weight excluding hydrogens is 228 g/mol. The Hall–Kier alpha value is -1.40. The van der Waals surface area contributed by atoms with Gasteiger partial charge in [-0.3, -0.25) is 10.1 Å². The molecule has 0 amide bonds. The van der Waals surface area contributed by atoms with Crippen molar-refractivity contribution in [3.05, 3.63) is 26.7 Å². The molecular formula is C7H3ClN2O3S. The predicted octanol–water partition coefficient (Wildman–Crippen LogP) is 2.56. The van der Waals surface area contributed by atoms with Gasteiger partial charge in [-0.1, -0.05) is 11.6 Å². The zero-order valence-electron chi connectivity index (χ0n) is 6.60. The Bertz CT molecular complexity index is 525. The number of phenolic OH excluding ortho intramolecular Hbond substituents is 1. The fraction of sp³-hybridized carbons (Fsp3) is 0. The van der Waals surface area contributed by atoms with Gasteiger partial charge in [-0.15, -0.1) is 11.3 Å². The Labute approximate surface area is 86.7 Å². The van der Waals surface area contributed by atoms with Gasteiger partial charge >= 0.3 is 0 Å². The molecule has 0 aliphatic heterocycles. The molecule has 2 rings (SSSR count). The maximum Gasteiger partial charge on any atom is 0.300 e. The summed E-state index contributed by atoms with van der Waals surface area (Å²) in [5.41, 5.74) is -0.0223. The van der Waals surface area contributed by atoms with Crippen molar-refractivity contribution in [1.29, 1.82) is 0 Å². The summed E-state index contributed by atoms with van der Waals surface area (Å²) in [6, 6.07) is 2.45. The number of phenols is 1. The fourth-order valence-electron chi connectivity index (χ4n) is 1.11. The molecule has 0 aliphatic rings. The number of benzene rings is 1. The van der Waals surface area contributed by atoms with Crippen LogP contribution in [-0.2, 0) is 0 Å². The van der Waals surface area contributed by atoms with Crippen LogP contribution in [0.25, 0.3) is 10.2 Å². The smallest absolute Gasteiger partial charge is 0.300 e. The molecule has 1 aromatic carbocycles. The number of hydrogen-bond donors (Lipinski definition) is 1. The first-order valence-electron chi connectivity index (χ1n) is 3.51. The zero-order valence-corrected chi connectivity index (χ0v) is 8.17. The average molecular weight is 231 g/mol. The molecule has 0 fully saturated rings. The van der Waals surface area contributed by atoms with Crippen LogP contribution in [0, 0.1) is 10.1 Å². The molecule has 72 valence electrons. The molecule has 5 nitrogen and oxygen atoms in total. The van der Waals surface area contributed by atoms with Crippen molar-refractivity contribution in [1.82, 2.24) is 4.98 Å². The number of nitro groups is 1. The normalized spacial score (nSPS) is 10.6. The standard InChI is InChI=1S/C7H3ClN2O3S/c8-7-9-6-4(10(12)13)1-3(11)2-5(6)14-7/h1-2,11H. The Balaban J connectivity index is 2.85. The van der Waals surface area contributed by atoms with Crippen molar-refractivity contribution in [3.63, 3.8) is 0 Å². The van der Waals surface area contributed by atoms with Gasteiger partial charge in [-0.25, -0.2) is 4.98 Å². The van der Waals surface area contributed by atoms with E-state index in [0.717, 1.165) is 17.4 Å². The van der Waals surface area contributed by atoms with E-state index in [4.69, 9.17) is 11.6 Å². The van der Waals surface area contributed by atoms with Gasteiger partial charge in [-0.05, 0) is 6.07 Å². The molecule has 0 saturated heterocycles. The molecule has 7 heteroatoms. The number of nitro benzene ring substituents is 1. The second-order valence-electron chi connectivity index (χ2n) is 2.54. The van der Waals surface area contributed by atoms with Crippen LogP contribution < -0.4 is 0 Å². The van der Waals surface area contributed by atoms with Crippen molar-refractivity contribution < 1.29 is 10.0 Å². The van der Waals surface area contributed by atoms with E-state index in [2.05, 4.69) is 4.98 Å². The Morgan fingerprint density at radius 1 is 1.57 bits per heavy atom. The van der Waals surface area contributed by atoms with Gasteiger partial charge in [0.15, 0.2) is 9.98 Å². The monoisotopic (exact) mass is 230 g/mol. The highest BCUT2D eigenvalue weighted by Crippen LogP contribution is 2.35. The second kappa shape index (κ2) is 3.07. The van der Waals surface area contributed by atoms with Crippen molar-refractivity contribution in [2.45, 2.75) is 0 Å². The van der Waals surface area contributed by atoms with Crippen LogP contribution in [0.4, 0.5) is 5.69 Å². The molecule has 1 heterocycles. The van der Waals surface area contributed by atoms with Gasteiger partial charge in [0, 0.05) is 0 Å². The van der Waals surface area contributed by atoms with E-state index in [9.17, 15) is 15.2 Å². The maximum absolute atomic E-state index is 10.6. The molecule has 0 radical (unpaired) electrons. The summed E-state index contributed by atoms with van der Waals surface area (Å²) in [7, 11) is 0. The third-order valence-electron chi connectivity index (χ3n) is 1.63. The molecule has 0 bridgehead atoms. The molecule has 0 unspecified atom stereocenters. The number of thiazole rings is 1. The summed E-state index contributed by atoms with van der Waals surface area (Å²) in [6.07, 6.45) is 0. The number of hydrogen-bond acceptors (Lipinski definition) is 5. The topological polar surface area (TPSA) is 76.3 Å². The summed E-state index contributed by atoms with van der Waals surface area (Å²) in [5, 5.41) is 19.8. The first kappa shape index (κ1) is 9.17. The fourth-order valence-corrected chi connectivity index (χ4v) is 2.19. The van der Waals surface area contributed by atoms with Crippen molar-refractivity contribution in [2.24, 2.45) is 0 Å². The number of non-ortho nitro benzene ring substituents is 1. The summed E-state index contributed by atoms with van der Waals surface area (Å²) in [4.78, 5) is 13.8. The first-order chi connectivity index (χ1) is 6.58. The Kier molecular flexibility index (Phi) is 2.01. The SMILES string of the molecule is O=[N+]([O-])c1cc(O)cc2sc(Cl)nc12. The molecule has 14 heavy (non-hydrogen) atoms. The zero-order chi connectivity index (χ0) is 10.3. The number of aromatic nitrogens is 1. The van der Waals surface area contributed by atoms with Crippen molar-refractivity contribution in [2.75, 3.05) is 0 Å². The van der Waals surface area contributed by atoms with Crippen LogP contribution in [0.3, 0.4) is 0 Å². The predicted molar refractivity (Wildman–Crippen MR) is 52.9 cm³/mol. The minimum atomic E-state index is -0.599. The molecule has 0 saturated carbocycles. The minimum absolute atomic E-state index is 0.162. The largest absolute Gasteiger partial charge is 0.508 e. The number of fused-ring (bicyclic) bond motifs is 1. The van der Waals surface area contributed by atoms with Crippen LogP contribution in [0.15, 0.2) is 12.1 Å². The Morgan fingerprint density at radius 2 is 2.29 bits per heavy atom. The van der Waals surface area contributed by atoms with E-state index in [0.29, 0.717) is 4.70 Å². The van der Waals surface area contributed by atoms with Gasteiger partial charge in [0.05, 0.1) is 15.7 Å². The molecule has 0 spiro atoms. The summed E-state index contributed by atoms with van der Waals surface area (Å²) >= 11 is 6.70. The quantitative estimate of drug-likeness (QED) is 0.603. The highest BCUT2D eigenvalue weighted by Gasteiger charge is 2.17. The van der Waals surface area contributed by atoms with Crippen LogP contribution in [0.2, 0.25) is 4.47 Å². The van der Waals surface area contributed by atoms with Gasteiger partial charge in [0.1, 0.15) is 5.75 Å². The highest BCUT2D eigenvalue weighted by atomic mass is 35.5. The first-order valence-corrected chi connectivity index (χ1v) is 4.71. The summed E-state index contributed by atoms with van der Waals surface area (Å²) in [5.74, 6) is -0.162. The van der Waals surface area contributed by atoms with Crippen LogP contribution in [0.1, 0.15) is 0 Å². The number of aromatic hydroxyl groups is 1. The van der Waals surface area contributed by atoms with E-state index < -0.39 is 4.92 Å². The van der Waals surface area contributed by atoms with Crippen molar-refractivity contribution >= 4 is 38.8 Å². The number of rotatable bonds is 1. The number of halogens is 1. The summed E-state index contributed by atoms with van der Waals surface area (Å²) < 4.78 is 0.718. The second-order valence-corrected chi connectivity index (χ2v) is 4.15. The van der Waals surface area contributed by atoms with E-state index >= 15 is 0 Å². The Morgan fingerprint density at radius 3 is 2.93 bits per heavy atom. The lowest BCUT2D eigenvalue weighted by molar-refractivity contribution is -0.383. The van der Waals surface area contributed by atoms with Gasteiger partial charge in [0.25, 0.3) is 5.69 Å². The lowest BCUT2D eigenvalue weighted by Crippen LogP contribution is -1.88. The maximum atomic E-state index is 10.6. The minimum Gasteiger partial charge on any atom is -0.508 e. The van der Waals surface area contributed by atoms with Crippen LogP contribution in [0.5, 0.6) is 5.75 Å². The van der Waals surface area contributed by atoms with Gasteiger partial charge < -0.3 is 5.11 Å². The summed E-state index contributed by atoms with van der Waals surface area (Å²) in [6.45, 7) is 0. The highest BCUT2D eigenvalue weighted by molar-refractivity contribution is 7.22. The van der Waals surface area contributed by atoms with Gasteiger partial charge in [0.2, 0.25) is 0 Å². The molecule has 0 atom stereocenters. The molecule has 2 aromatic rings. The lowest BCUT2D eigenvalue weighted by Gasteiger charge is -1.93. The van der Waals surface area contributed by atoms with E-state index in [1.165, 1.54) is 6.07 Å².